The van der Waals surface area contributed by atoms with Gasteiger partial charge in [0.1, 0.15) is 0 Å². The zero-order valence-electron chi connectivity index (χ0n) is 12.3. The Balaban J connectivity index is 1.95. The first-order valence-electron chi connectivity index (χ1n) is 6.81. The number of aromatic nitrogens is 2. The minimum absolute atomic E-state index is 0.220. The summed E-state index contributed by atoms with van der Waals surface area (Å²) in [4.78, 5) is 15.8. The summed E-state index contributed by atoms with van der Waals surface area (Å²) in [6, 6.07) is 6.45. The van der Waals surface area contributed by atoms with Gasteiger partial charge in [0.05, 0.1) is 12.9 Å². The first kappa shape index (κ1) is 17.0. The van der Waals surface area contributed by atoms with E-state index >= 15 is 0 Å². The standard InChI is InChI=1S/C15H16F3N3O2/c1-14(23,15(16,17)18)9-20-13(22)12-4-2-11(3-5-12)8-21-7-6-19-10-21/h2-7,10,23H,8-9H2,1H3,(H,20,22)/t14-/m1/s1. The number of rotatable bonds is 5. The second-order valence-corrected chi connectivity index (χ2v) is 5.39. The Hall–Kier alpha value is -2.35. The number of aliphatic hydroxyl groups is 1. The van der Waals surface area contributed by atoms with Gasteiger partial charge < -0.3 is 15.0 Å². The van der Waals surface area contributed by atoms with Crippen molar-refractivity contribution in [3.63, 3.8) is 0 Å². The molecule has 1 heterocycles. The van der Waals surface area contributed by atoms with E-state index in [-0.39, 0.29) is 5.56 Å². The Morgan fingerprint density at radius 3 is 2.48 bits per heavy atom. The maximum atomic E-state index is 12.5. The van der Waals surface area contributed by atoms with Crippen LogP contribution >= 0.6 is 0 Å². The summed E-state index contributed by atoms with van der Waals surface area (Å²) >= 11 is 0. The number of imidazole rings is 1. The van der Waals surface area contributed by atoms with Gasteiger partial charge in [0.2, 0.25) is 0 Å². The predicted molar refractivity (Wildman–Crippen MR) is 76.8 cm³/mol. The Kier molecular flexibility index (Phi) is 4.74. The number of carbonyl (C=O) groups is 1. The van der Waals surface area contributed by atoms with Crippen molar-refractivity contribution in [2.45, 2.75) is 25.2 Å². The number of carbonyl (C=O) groups excluding carboxylic acids is 1. The van der Waals surface area contributed by atoms with Crippen LogP contribution in [0.5, 0.6) is 0 Å². The molecule has 0 aliphatic carbocycles. The van der Waals surface area contributed by atoms with Crippen LogP contribution in [0.15, 0.2) is 43.0 Å². The first-order chi connectivity index (χ1) is 10.7. The Labute approximate surface area is 130 Å². The van der Waals surface area contributed by atoms with E-state index in [1.165, 1.54) is 12.1 Å². The fraction of sp³-hybridized carbons (Fsp3) is 0.333. The zero-order chi connectivity index (χ0) is 17.1. The molecule has 2 rings (SSSR count). The van der Waals surface area contributed by atoms with Gasteiger partial charge in [-0.25, -0.2) is 4.98 Å². The Morgan fingerprint density at radius 2 is 1.96 bits per heavy atom. The van der Waals surface area contributed by atoms with Crippen LogP contribution in [-0.4, -0.2) is 38.9 Å². The number of hydrogen-bond acceptors (Lipinski definition) is 3. The van der Waals surface area contributed by atoms with Crippen LogP contribution in [0.1, 0.15) is 22.8 Å². The summed E-state index contributed by atoms with van der Waals surface area (Å²) in [7, 11) is 0. The maximum Gasteiger partial charge on any atom is 0.418 e. The summed E-state index contributed by atoms with van der Waals surface area (Å²) in [5.41, 5.74) is -1.83. The van der Waals surface area contributed by atoms with Gasteiger partial charge in [-0.05, 0) is 24.6 Å². The third kappa shape index (κ3) is 4.32. The van der Waals surface area contributed by atoms with Crippen LogP contribution in [0.4, 0.5) is 13.2 Å². The molecule has 1 atom stereocenters. The molecule has 5 nitrogen and oxygen atoms in total. The number of halogens is 3. The van der Waals surface area contributed by atoms with Crippen LogP contribution < -0.4 is 5.32 Å². The van der Waals surface area contributed by atoms with E-state index < -0.39 is 24.2 Å². The van der Waals surface area contributed by atoms with Crippen molar-refractivity contribution in [3.8, 4) is 0 Å². The summed E-state index contributed by atoms with van der Waals surface area (Å²) in [6.45, 7) is 0.276. The Bertz CT molecular complexity index is 650. The highest BCUT2D eigenvalue weighted by Gasteiger charge is 2.49. The maximum absolute atomic E-state index is 12.5. The van der Waals surface area contributed by atoms with E-state index in [9.17, 15) is 23.1 Å². The molecule has 124 valence electrons. The summed E-state index contributed by atoms with van der Waals surface area (Å²) in [5, 5.41) is 11.4. The molecule has 0 saturated heterocycles. The minimum atomic E-state index is -4.81. The molecule has 8 heteroatoms. The van der Waals surface area contributed by atoms with Crippen molar-refractivity contribution in [3.05, 3.63) is 54.1 Å². The normalized spacial score (nSPS) is 14.3. The number of benzene rings is 1. The van der Waals surface area contributed by atoms with E-state index in [1.807, 2.05) is 4.57 Å². The van der Waals surface area contributed by atoms with Gasteiger partial charge in [0.25, 0.3) is 5.91 Å². The van der Waals surface area contributed by atoms with Crippen molar-refractivity contribution in [1.82, 2.24) is 14.9 Å². The van der Waals surface area contributed by atoms with E-state index in [0.29, 0.717) is 13.5 Å². The van der Waals surface area contributed by atoms with Gasteiger partial charge >= 0.3 is 6.18 Å². The zero-order valence-corrected chi connectivity index (χ0v) is 12.3. The molecule has 0 aliphatic heterocycles. The van der Waals surface area contributed by atoms with E-state index in [2.05, 4.69) is 10.3 Å². The lowest BCUT2D eigenvalue weighted by atomic mass is 10.1. The lowest BCUT2D eigenvalue weighted by molar-refractivity contribution is -0.249. The molecular formula is C15H16F3N3O2. The van der Waals surface area contributed by atoms with Crippen LogP contribution in [0.2, 0.25) is 0 Å². The molecule has 0 bridgehead atoms. The van der Waals surface area contributed by atoms with Gasteiger partial charge in [-0.2, -0.15) is 13.2 Å². The largest absolute Gasteiger partial charge is 0.418 e. The molecule has 23 heavy (non-hydrogen) atoms. The van der Waals surface area contributed by atoms with Crippen molar-refractivity contribution in [2.75, 3.05) is 6.54 Å². The quantitative estimate of drug-likeness (QED) is 0.882. The number of alkyl halides is 3. The van der Waals surface area contributed by atoms with E-state index in [1.54, 1.807) is 30.9 Å². The number of nitrogens with zero attached hydrogens (tertiary/aromatic N) is 2. The molecule has 0 fully saturated rings. The summed E-state index contributed by atoms with van der Waals surface area (Å²) in [5.74, 6) is -0.677. The first-order valence-corrected chi connectivity index (χ1v) is 6.81. The lowest BCUT2D eigenvalue weighted by Gasteiger charge is -2.26. The third-order valence-electron chi connectivity index (χ3n) is 3.34. The van der Waals surface area contributed by atoms with E-state index in [0.717, 1.165) is 5.56 Å². The number of hydrogen-bond donors (Lipinski definition) is 2. The molecule has 1 amide bonds. The van der Waals surface area contributed by atoms with Crippen molar-refractivity contribution in [2.24, 2.45) is 0 Å². The average Bonchev–Trinajstić information content (AvgIpc) is 2.97. The van der Waals surface area contributed by atoms with E-state index in [4.69, 9.17) is 0 Å². The molecular weight excluding hydrogens is 311 g/mol. The second kappa shape index (κ2) is 6.41. The number of nitrogens with one attached hydrogen (secondary N) is 1. The SMILES string of the molecule is C[C@@](O)(CNC(=O)c1ccc(Cn2ccnc2)cc1)C(F)(F)F. The third-order valence-corrected chi connectivity index (χ3v) is 3.34. The second-order valence-electron chi connectivity index (χ2n) is 5.39. The van der Waals surface area contributed by atoms with Crippen molar-refractivity contribution >= 4 is 5.91 Å². The fourth-order valence-electron chi connectivity index (χ4n) is 1.81. The van der Waals surface area contributed by atoms with Crippen LogP contribution in [0.3, 0.4) is 0 Å². The van der Waals surface area contributed by atoms with Gasteiger partial charge in [-0.3, -0.25) is 4.79 Å². The highest BCUT2D eigenvalue weighted by atomic mass is 19.4. The van der Waals surface area contributed by atoms with Crippen LogP contribution in [0.25, 0.3) is 0 Å². The fourth-order valence-corrected chi connectivity index (χ4v) is 1.81. The molecule has 2 aromatic rings. The van der Waals surface area contributed by atoms with Gasteiger partial charge in [-0.1, -0.05) is 12.1 Å². The smallest absolute Gasteiger partial charge is 0.379 e. The van der Waals surface area contributed by atoms with Gasteiger partial charge in [0, 0.05) is 24.5 Å². The van der Waals surface area contributed by atoms with Gasteiger partial charge in [-0.15, -0.1) is 0 Å². The molecule has 0 aliphatic rings. The predicted octanol–water partition coefficient (Wildman–Crippen LogP) is 1.97. The average molecular weight is 327 g/mol. The highest BCUT2D eigenvalue weighted by Crippen LogP contribution is 2.29. The molecule has 0 unspecified atom stereocenters. The van der Waals surface area contributed by atoms with Crippen LogP contribution in [-0.2, 0) is 6.54 Å². The molecule has 1 aromatic carbocycles. The lowest BCUT2D eigenvalue weighted by Crippen LogP contribution is -2.51. The number of amides is 1. The molecule has 1 aromatic heterocycles. The van der Waals surface area contributed by atoms with Crippen molar-refractivity contribution < 1.29 is 23.1 Å². The van der Waals surface area contributed by atoms with Crippen LogP contribution in [0, 0.1) is 0 Å². The molecule has 0 radical (unpaired) electrons. The minimum Gasteiger partial charge on any atom is -0.379 e. The molecule has 0 saturated carbocycles. The summed E-state index contributed by atoms with van der Waals surface area (Å²) in [6.07, 6.45) is 0.281. The molecule has 2 N–H and O–H groups in total. The Morgan fingerprint density at radius 1 is 1.30 bits per heavy atom. The molecule has 0 spiro atoms. The topological polar surface area (TPSA) is 67.2 Å². The highest BCUT2D eigenvalue weighted by molar-refractivity contribution is 5.94. The van der Waals surface area contributed by atoms with Crippen molar-refractivity contribution in [1.29, 1.82) is 0 Å². The van der Waals surface area contributed by atoms with Gasteiger partial charge in [0.15, 0.2) is 5.60 Å². The monoisotopic (exact) mass is 327 g/mol. The summed E-state index contributed by atoms with van der Waals surface area (Å²) < 4.78 is 39.4.